The summed E-state index contributed by atoms with van der Waals surface area (Å²) in [6.45, 7) is 2.87. The fraction of sp³-hybridized carbons (Fsp3) is 0.235. The highest BCUT2D eigenvalue weighted by Gasteiger charge is 2.09. The standard InChI is InChI=1S/C17H19FN2O/c1-13-5-3-6-14(9-13)11-19-17(21)20(2)12-15-7-4-8-16(18)10-15/h3-10H,11-12H2,1-2H3,(H,19,21). The molecule has 3 nitrogen and oxygen atoms in total. The molecule has 1 N–H and O–H groups in total. The van der Waals surface area contributed by atoms with E-state index < -0.39 is 0 Å². The van der Waals surface area contributed by atoms with Gasteiger partial charge in [0.05, 0.1) is 0 Å². The number of benzene rings is 2. The van der Waals surface area contributed by atoms with Crippen LogP contribution in [0.4, 0.5) is 9.18 Å². The Kier molecular flexibility index (Phi) is 4.93. The maximum atomic E-state index is 13.1. The van der Waals surface area contributed by atoms with Crippen LogP contribution in [0, 0.1) is 12.7 Å². The Morgan fingerprint density at radius 2 is 1.86 bits per heavy atom. The topological polar surface area (TPSA) is 32.3 Å². The van der Waals surface area contributed by atoms with Crippen LogP contribution in [0.15, 0.2) is 48.5 Å². The number of carbonyl (C=O) groups excluding carboxylic acids is 1. The van der Waals surface area contributed by atoms with Gasteiger partial charge in [-0.25, -0.2) is 9.18 Å². The zero-order valence-electron chi connectivity index (χ0n) is 12.3. The van der Waals surface area contributed by atoms with Crippen LogP contribution in [-0.4, -0.2) is 18.0 Å². The maximum Gasteiger partial charge on any atom is 0.317 e. The lowest BCUT2D eigenvalue weighted by atomic mass is 10.1. The Morgan fingerprint density at radius 3 is 2.57 bits per heavy atom. The number of hydrogen-bond acceptors (Lipinski definition) is 1. The van der Waals surface area contributed by atoms with Crippen molar-refractivity contribution >= 4 is 6.03 Å². The van der Waals surface area contributed by atoms with Gasteiger partial charge in [0.25, 0.3) is 0 Å². The van der Waals surface area contributed by atoms with E-state index in [-0.39, 0.29) is 11.8 Å². The van der Waals surface area contributed by atoms with Crippen LogP contribution in [0.3, 0.4) is 0 Å². The molecule has 0 radical (unpaired) electrons. The SMILES string of the molecule is Cc1cccc(CNC(=O)N(C)Cc2cccc(F)c2)c1. The van der Waals surface area contributed by atoms with Gasteiger partial charge in [-0.15, -0.1) is 0 Å². The minimum Gasteiger partial charge on any atom is -0.334 e. The lowest BCUT2D eigenvalue weighted by Crippen LogP contribution is -2.36. The normalized spacial score (nSPS) is 10.2. The minimum atomic E-state index is -0.291. The van der Waals surface area contributed by atoms with E-state index >= 15 is 0 Å². The van der Waals surface area contributed by atoms with Crippen molar-refractivity contribution in [3.05, 3.63) is 71.0 Å². The average Bonchev–Trinajstić information content (AvgIpc) is 2.45. The van der Waals surface area contributed by atoms with Crippen LogP contribution in [0.5, 0.6) is 0 Å². The molecular weight excluding hydrogens is 267 g/mol. The summed E-state index contributed by atoms with van der Waals surface area (Å²) in [4.78, 5) is 13.5. The molecule has 2 amide bonds. The van der Waals surface area contributed by atoms with Crippen LogP contribution < -0.4 is 5.32 Å². The number of rotatable bonds is 4. The van der Waals surface area contributed by atoms with E-state index in [9.17, 15) is 9.18 Å². The van der Waals surface area contributed by atoms with Gasteiger partial charge in [-0.3, -0.25) is 0 Å². The van der Waals surface area contributed by atoms with E-state index in [0.29, 0.717) is 13.1 Å². The number of aryl methyl sites for hydroxylation is 1. The second-order valence-electron chi connectivity index (χ2n) is 5.13. The zero-order valence-corrected chi connectivity index (χ0v) is 12.3. The van der Waals surface area contributed by atoms with E-state index in [1.807, 2.05) is 31.2 Å². The molecule has 0 saturated carbocycles. The summed E-state index contributed by atoms with van der Waals surface area (Å²) in [5.74, 6) is -0.291. The van der Waals surface area contributed by atoms with Crippen molar-refractivity contribution in [2.75, 3.05) is 7.05 Å². The van der Waals surface area contributed by atoms with Gasteiger partial charge in [0.15, 0.2) is 0 Å². The van der Waals surface area contributed by atoms with Crippen molar-refractivity contribution < 1.29 is 9.18 Å². The highest BCUT2D eigenvalue weighted by molar-refractivity contribution is 5.73. The maximum absolute atomic E-state index is 13.1. The second kappa shape index (κ2) is 6.88. The van der Waals surface area contributed by atoms with Crippen molar-refractivity contribution in [2.45, 2.75) is 20.0 Å². The van der Waals surface area contributed by atoms with E-state index in [2.05, 4.69) is 5.32 Å². The first-order valence-corrected chi connectivity index (χ1v) is 6.83. The van der Waals surface area contributed by atoms with Gasteiger partial charge in [-0.2, -0.15) is 0 Å². The average molecular weight is 286 g/mol. The molecule has 0 aliphatic rings. The Labute approximate surface area is 124 Å². The molecule has 0 aliphatic heterocycles. The molecule has 0 bridgehead atoms. The van der Waals surface area contributed by atoms with Crippen LogP contribution in [-0.2, 0) is 13.1 Å². The lowest BCUT2D eigenvalue weighted by molar-refractivity contribution is 0.206. The smallest absolute Gasteiger partial charge is 0.317 e. The van der Waals surface area contributed by atoms with Crippen LogP contribution in [0.2, 0.25) is 0 Å². The predicted octanol–water partition coefficient (Wildman–Crippen LogP) is 3.48. The third-order valence-electron chi connectivity index (χ3n) is 3.18. The molecule has 0 aromatic heterocycles. The molecule has 0 heterocycles. The van der Waals surface area contributed by atoms with Gasteiger partial charge in [-0.1, -0.05) is 42.0 Å². The van der Waals surface area contributed by atoms with Gasteiger partial charge in [0.2, 0.25) is 0 Å². The second-order valence-corrected chi connectivity index (χ2v) is 5.13. The zero-order chi connectivity index (χ0) is 15.2. The van der Waals surface area contributed by atoms with Crippen molar-refractivity contribution in [2.24, 2.45) is 0 Å². The van der Waals surface area contributed by atoms with Gasteiger partial charge in [0.1, 0.15) is 5.82 Å². The quantitative estimate of drug-likeness (QED) is 0.917. The van der Waals surface area contributed by atoms with E-state index in [0.717, 1.165) is 16.7 Å². The van der Waals surface area contributed by atoms with Gasteiger partial charge < -0.3 is 10.2 Å². The van der Waals surface area contributed by atoms with Crippen molar-refractivity contribution in [3.63, 3.8) is 0 Å². The summed E-state index contributed by atoms with van der Waals surface area (Å²) in [6, 6.07) is 14.1. The molecule has 110 valence electrons. The summed E-state index contributed by atoms with van der Waals surface area (Å²) >= 11 is 0. The highest BCUT2D eigenvalue weighted by Crippen LogP contribution is 2.07. The summed E-state index contributed by atoms with van der Waals surface area (Å²) in [6.07, 6.45) is 0. The summed E-state index contributed by atoms with van der Waals surface area (Å²) < 4.78 is 13.1. The molecule has 0 aliphatic carbocycles. The number of nitrogens with one attached hydrogen (secondary N) is 1. The van der Waals surface area contributed by atoms with Crippen molar-refractivity contribution in [1.82, 2.24) is 10.2 Å². The number of nitrogens with zero attached hydrogens (tertiary/aromatic N) is 1. The first-order valence-electron chi connectivity index (χ1n) is 6.83. The Balaban J connectivity index is 1.88. The fourth-order valence-corrected chi connectivity index (χ4v) is 2.12. The number of hydrogen-bond donors (Lipinski definition) is 1. The number of urea groups is 1. The number of carbonyl (C=O) groups is 1. The minimum absolute atomic E-state index is 0.180. The van der Waals surface area contributed by atoms with Crippen molar-refractivity contribution in [1.29, 1.82) is 0 Å². The Morgan fingerprint density at radius 1 is 1.14 bits per heavy atom. The predicted molar refractivity (Wildman–Crippen MR) is 81.3 cm³/mol. The number of halogens is 1. The summed E-state index contributed by atoms with van der Waals surface area (Å²) in [5, 5.41) is 2.85. The molecule has 0 saturated heterocycles. The first-order chi connectivity index (χ1) is 10.0. The van der Waals surface area contributed by atoms with Crippen LogP contribution >= 0.6 is 0 Å². The molecule has 0 atom stereocenters. The third kappa shape index (κ3) is 4.60. The molecule has 2 aromatic carbocycles. The first kappa shape index (κ1) is 15.0. The Bertz CT molecular complexity index is 628. The lowest BCUT2D eigenvalue weighted by Gasteiger charge is -2.18. The van der Waals surface area contributed by atoms with Gasteiger partial charge >= 0.3 is 6.03 Å². The molecule has 21 heavy (non-hydrogen) atoms. The van der Waals surface area contributed by atoms with Crippen molar-refractivity contribution in [3.8, 4) is 0 Å². The van der Waals surface area contributed by atoms with E-state index in [1.54, 1.807) is 19.2 Å². The molecule has 4 heteroatoms. The molecule has 0 spiro atoms. The van der Waals surface area contributed by atoms with E-state index in [4.69, 9.17) is 0 Å². The monoisotopic (exact) mass is 286 g/mol. The van der Waals surface area contributed by atoms with Crippen LogP contribution in [0.1, 0.15) is 16.7 Å². The molecular formula is C17H19FN2O. The van der Waals surface area contributed by atoms with Gasteiger partial charge in [0, 0.05) is 20.1 Å². The third-order valence-corrected chi connectivity index (χ3v) is 3.18. The van der Waals surface area contributed by atoms with Gasteiger partial charge in [-0.05, 0) is 30.2 Å². The number of amides is 2. The fourth-order valence-electron chi connectivity index (χ4n) is 2.12. The molecule has 2 rings (SSSR count). The van der Waals surface area contributed by atoms with E-state index in [1.165, 1.54) is 17.0 Å². The summed E-state index contributed by atoms with van der Waals surface area (Å²) in [7, 11) is 1.69. The molecule has 0 unspecified atom stereocenters. The largest absolute Gasteiger partial charge is 0.334 e. The molecule has 0 fully saturated rings. The Hall–Kier alpha value is -2.36. The highest BCUT2D eigenvalue weighted by atomic mass is 19.1. The summed E-state index contributed by atoms with van der Waals surface area (Å²) in [5.41, 5.74) is 2.99. The van der Waals surface area contributed by atoms with Crippen LogP contribution in [0.25, 0.3) is 0 Å². The molecule has 2 aromatic rings.